The van der Waals surface area contributed by atoms with E-state index in [1.165, 1.54) is 63.3 Å². The number of unbranched alkanes of at least 4 members (excludes halogenated alkanes) is 7. The largest absolute Gasteiger partial charge is 0.449 e. The van der Waals surface area contributed by atoms with Gasteiger partial charge in [0.05, 0.1) is 6.61 Å². The predicted molar refractivity (Wildman–Crippen MR) is 75.2 cm³/mol. The van der Waals surface area contributed by atoms with E-state index in [0.717, 1.165) is 5.75 Å². The highest BCUT2D eigenvalue weighted by atomic mass is 32.2. The van der Waals surface area contributed by atoms with Crippen molar-refractivity contribution in [2.75, 3.05) is 12.4 Å². The van der Waals surface area contributed by atoms with Crippen molar-refractivity contribution in [2.45, 2.75) is 65.2 Å². The van der Waals surface area contributed by atoms with E-state index in [1.807, 2.05) is 6.92 Å². The van der Waals surface area contributed by atoms with Crippen LogP contribution in [-0.2, 0) is 4.74 Å². The molecule has 3 nitrogen and oxygen atoms in total. The zero-order valence-corrected chi connectivity index (χ0v) is 12.1. The first-order valence-electron chi connectivity index (χ1n) is 6.85. The van der Waals surface area contributed by atoms with Crippen LogP contribution < -0.4 is 4.72 Å². The fourth-order valence-corrected chi connectivity index (χ4v) is 2.21. The Labute approximate surface area is 110 Å². The van der Waals surface area contributed by atoms with Gasteiger partial charge in [-0.3, -0.25) is 4.72 Å². The molecular weight excluding hydrogens is 234 g/mol. The van der Waals surface area contributed by atoms with Gasteiger partial charge in [0.25, 0.3) is 0 Å². The first kappa shape index (κ1) is 16.6. The summed E-state index contributed by atoms with van der Waals surface area (Å²) in [6.07, 6.45) is 10.2. The summed E-state index contributed by atoms with van der Waals surface area (Å²) >= 11 is 1.45. The van der Waals surface area contributed by atoms with Crippen LogP contribution >= 0.6 is 11.9 Å². The number of nitrogens with one attached hydrogen (secondary N) is 1. The molecule has 1 N–H and O–H groups in total. The summed E-state index contributed by atoms with van der Waals surface area (Å²) in [6.45, 7) is 4.49. The van der Waals surface area contributed by atoms with Gasteiger partial charge in [0, 0.05) is 5.75 Å². The Kier molecular flexibility index (Phi) is 13.4. The van der Waals surface area contributed by atoms with E-state index in [-0.39, 0.29) is 6.09 Å². The lowest BCUT2D eigenvalue weighted by molar-refractivity contribution is 0.159. The maximum absolute atomic E-state index is 10.9. The second kappa shape index (κ2) is 13.7. The van der Waals surface area contributed by atoms with Crippen LogP contribution in [0.25, 0.3) is 0 Å². The molecule has 0 aromatic rings. The first-order valence-corrected chi connectivity index (χ1v) is 7.84. The van der Waals surface area contributed by atoms with E-state index in [4.69, 9.17) is 4.74 Å². The van der Waals surface area contributed by atoms with Crippen LogP contribution in [-0.4, -0.2) is 18.5 Å². The number of amides is 1. The Balaban J connectivity index is 3.01. The van der Waals surface area contributed by atoms with Crippen LogP contribution in [0.4, 0.5) is 4.79 Å². The summed E-state index contributed by atoms with van der Waals surface area (Å²) in [5.74, 6) is 0.980. The summed E-state index contributed by atoms with van der Waals surface area (Å²) in [5.41, 5.74) is 0. The smallest absolute Gasteiger partial charge is 0.417 e. The van der Waals surface area contributed by atoms with Gasteiger partial charge in [0.2, 0.25) is 0 Å². The average molecular weight is 261 g/mol. The van der Waals surface area contributed by atoms with Crippen molar-refractivity contribution in [1.29, 1.82) is 0 Å². The van der Waals surface area contributed by atoms with E-state index in [9.17, 15) is 4.79 Å². The topological polar surface area (TPSA) is 38.3 Å². The summed E-state index contributed by atoms with van der Waals surface area (Å²) in [5, 5.41) is 0. The normalized spacial score (nSPS) is 10.2. The molecule has 0 rings (SSSR count). The molecule has 0 saturated heterocycles. The molecule has 0 aliphatic rings. The van der Waals surface area contributed by atoms with Gasteiger partial charge in [-0.05, 0) is 25.3 Å². The summed E-state index contributed by atoms with van der Waals surface area (Å²) in [6, 6.07) is 0. The third kappa shape index (κ3) is 13.6. The van der Waals surface area contributed by atoms with Gasteiger partial charge >= 0.3 is 6.09 Å². The highest BCUT2D eigenvalue weighted by Crippen LogP contribution is 2.09. The van der Waals surface area contributed by atoms with Crippen LogP contribution in [0.1, 0.15) is 65.2 Å². The van der Waals surface area contributed by atoms with Crippen molar-refractivity contribution < 1.29 is 9.53 Å². The van der Waals surface area contributed by atoms with Crippen LogP contribution in [0.5, 0.6) is 0 Å². The van der Waals surface area contributed by atoms with E-state index >= 15 is 0 Å². The molecule has 0 heterocycles. The van der Waals surface area contributed by atoms with Crippen LogP contribution in [0.3, 0.4) is 0 Å². The Morgan fingerprint density at radius 3 is 2.18 bits per heavy atom. The number of rotatable bonds is 11. The molecule has 0 bridgehead atoms. The minimum atomic E-state index is -0.322. The van der Waals surface area contributed by atoms with Crippen molar-refractivity contribution in [2.24, 2.45) is 0 Å². The van der Waals surface area contributed by atoms with Gasteiger partial charge in [-0.25, -0.2) is 4.79 Å². The number of ether oxygens (including phenoxy) is 1. The van der Waals surface area contributed by atoms with Gasteiger partial charge in [0.1, 0.15) is 0 Å². The molecular formula is C13H27NO2S. The molecule has 17 heavy (non-hydrogen) atoms. The summed E-state index contributed by atoms with van der Waals surface area (Å²) in [4.78, 5) is 10.9. The highest BCUT2D eigenvalue weighted by Gasteiger charge is 1.98. The van der Waals surface area contributed by atoms with Crippen LogP contribution in [0.2, 0.25) is 0 Å². The fourth-order valence-electron chi connectivity index (χ4n) is 1.58. The monoisotopic (exact) mass is 261 g/mol. The molecule has 0 aromatic carbocycles. The Morgan fingerprint density at radius 1 is 1.00 bits per heavy atom. The number of hydrogen-bond acceptors (Lipinski definition) is 3. The lowest BCUT2D eigenvalue weighted by Crippen LogP contribution is -2.17. The molecule has 1 amide bonds. The van der Waals surface area contributed by atoms with E-state index in [0.29, 0.717) is 6.61 Å². The molecule has 0 unspecified atom stereocenters. The maximum atomic E-state index is 10.9. The van der Waals surface area contributed by atoms with Gasteiger partial charge in [-0.2, -0.15) is 0 Å². The minimum Gasteiger partial charge on any atom is -0.449 e. The zero-order valence-electron chi connectivity index (χ0n) is 11.3. The molecule has 0 aromatic heterocycles. The SMILES string of the molecule is CCCCCCCCCCSNC(=O)OCC. The third-order valence-corrected chi connectivity index (χ3v) is 3.33. The molecule has 0 fully saturated rings. The first-order chi connectivity index (χ1) is 8.31. The lowest BCUT2D eigenvalue weighted by atomic mass is 10.1. The van der Waals surface area contributed by atoms with Gasteiger partial charge in [-0.15, -0.1) is 0 Å². The molecule has 0 saturated carbocycles. The van der Waals surface area contributed by atoms with Crippen molar-refractivity contribution >= 4 is 18.0 Å². The summed E-state index contributed by atoms with van der Waals surface area (Å²) in [7, 11) is 0. The van der Waals surface area contributed by atoms with Crippen LogP contribution in [0, 0.1) is 0 Å². The predicted octanol–water partition coefficient (Wildman–Crippen LogP) is 4.52. The van der Waals surface area contributed by atoms with Crippen molar-refractivity contribution in [1.82, 2.24) is 4.72 Å². The summed E-state index contributed by atoms with van der Waals surface area (Å²) < 4.78 is 7.41. The Bertz CT molecular complexity index is 177. The second-order valence-electron chi connectivity index (χ2n) is 4.15. The Morgan fingerprint density at radius 2 is 1.59 bits per heavy atom. The molecule has 4 heteroatoms. The highest BCUT2D eigenvalue weighted by molar-refractivity contribution is 7.97. The number of carbonyl (C=O) groups excluding carboxylic acids is 1. The molecule has 0 radical (unpaired) electrons. The maximum Gasteiger partial charge on any atom is 0.417 e. The number of hydrogen-bond donors (Lipinski definition) is 1. The molecule has 0 aliphatic heterocycles. The standard InChI is InChI=1S/C13H27NO2S/c1-3-5-6-7-8-9-10-11-12-17-14-13(15)16-4-2/h3-12H2,1-2H3,(H,14,15). The van der Waals surface area contributed by atoms with Gasteiger partial charge in [-0.1, -0.05) is 51.9 Å². The molecule has 102 valence electrons. The van der Waals surface area contributed by atoms with E-state index in [2.05, 4.69) is 11.6 Å². The zero-order chi connectivity index (χ0) is 12.8. The molecule has 0 aliphatic carbocycles. The van der Waals surface area contributed by atoms with E-state index < -0.39 is 0 Å². The van der Waals surface area contributed by atoms with Crippen molar-refractivity contribution in [3.8, 4) is 0 Å². The van der Waals surface area contributed by atoms with Crippen LogP contribution in [0.15, 0.2) is 0 Å². The lowest BCUT2D eigenvalue weighted by Gasteiger charge is -2.04. The van der Waals surface area contributed by atoms with Gasteiger partial charge < -0.3 is 4.74 Å². The quantitative estimate of drug-likeness (QED) is 0.439. The van der Waals surface area contributed by atoms with Crippen molar-refractivity contribution in [3.05, 3.63) is 0 Å². The van der Waals surface area contributed by atoms with Gasteiger partial charge in [0.15, 0.2) is 0 Å². The minimum absolute atomic E-state index is 0.322. The number of carbonyl (C=O) groups is 1. The van der Waals surface area contributed by atoms with E-state index in [1.54, 1.807) is 0 Å². The third-order valence-electron chi connectivity index (χ3n) is 2.53. The van der Waals surface area contributed by atoms with Crippen molar-refractivity contribution in [3.63, 3.8) is 0 Å². The molecule has 0 spiro atoms. The molecule has 0 atom stereocenters. The second-order valence-corrected chi connectivity index (χ2v) is 5.05. The average Bonchev–Trinajstić information content (AvgIpc) is 2.32. The fraction of sp³-hybridized carbons (Fsp3) is 0.923. The Hall–Kier alpha value is -0.380.